The second kappa shape index (κ2) is 6.48. The molecule has 0 radical (unpaired) electrons. The lowest BCUT2D eigenvalue weighted by atomic mass is 9.88. The zero-order valence-corrected chi connectivity index (χ0v) is 15.8. The SMILES string of the molecule is Cc1ccccc1-c1ccc(CC(=O)C2(c3ccc4c(c3)OCO4)CC2)nc1. The van der Waals surface area contributed by atoms with E-state index in [2.05, 4.69) is 30.1 Å². The maximum Gasteiger partial charge on any atom is 0.231 e. The molecule has 1 saturated carbocycles. The van der Waals surface area contributed by atoms with Crippen LogP contribution in [0.4, 0.5) is 0 Å². The monoisotopic (exact) mass is 371 g/mol. The molecule has 2 aliphatic rings. The van der Waals surface area contributed by atoms with E-state index >= 15 is 0 Å². The molecule has 28 heavy (non-hydrogen) atoms. The Morgan fingerprint density at radius 2 is 1.86 bits per heavy atom. The first kappa shape index (κ1) is 17.0. The molecule has 0 atom stereocenters. The first-order chi connectivity index (χ1) is 13.7. The van der Waals surface area contributed by atoms with Crippen LogP contribution in [0, 0.1) is 6.92 Å². The third-order valence-corrected chi connectivity index (χ3v) is 5.83. The molecule has 1 aromatic heterocycles. The lowest BCUT2D eigenvalue weighted by molar-refractivity contribution is -0.120. The molecule has 2 aromatic carbocycles. The third-order valence-electron chi connectivity index (χ3n) is 5.83. The summed E-state index contributed by atoms with van der Waals surface area (Å²) in [5.41, 5.74) is 4.91. The molecule has 140 valence electrons. The number of aromatic nitrogens is 1. The summed E-state index contributed by atoms with van der Waals surface area (Å²) in [4.78, 5) is 17.7. The molecule has 1 aliphatic heterocycles. The van der Waals surface area contributed by atoms with E-state index in [9.17, 15) is 4.79 Å². The Balaban J connectivity index is 1.35. The second-order valence-corrected chi connectivity index (χ2v) is 7.60. The number of nitrogens with zero attached hydrogens (tertiary/aromatic N) is 1. The fraction of sp³-hybridized carbons (Fsp3) is 0.250. The van der Waals surface area contributed by atoms with Gasteiger partial charge in [0.25, 0.3) is 0 Å². The predicted molar refractivity (Wildman–Crippen MR) is 107 cm³/mol. The number of benzene rings is 2. The van der Waals surface area contributed by atoms with Crippen molar-refractivity contribution in [2.75, 3.05) is 6.79 Å². The molecule has 4 heteroatoms. The van der Waals surface area contributed by atoms with Crippen molar-refractivity contribution < 1.29 is 14.3 Å². The van der Waals surface area contributed by atoms with Crippen LogP contribution in [-0.2, 0) is 16.6 Å². The molecule has 5 rings (SSSR count). The Kier molecular flexibility index (Phi) is 3.93. The number of hydrogen-bond donors (Lipinski definition) is 0. The van der Waals surface area contributed by atoms with E-state index in [4.69, 9.17) is 9.47 Å². The summed E-state index contributed by atoms with van der Waals surface area (Å²) in [7, 11) is 0. The standard InChI is InChI=1S/C24H21NO3/c1-16-4-2-3-5-20(16)17-6-8-19(25-14-17)13-23(26)24(10-11-24)18-7-9-21-22(12-18)28-15-27-21/h2-9,12,14H,10-11,13,15H2,1H3. The Hall–Kier alpha value is -3.14. The molecular weight excluding hydrogens is 350 g/mol. The summed E-state index contributed by atoms with van der Waals surface area (Å²) < 4.78 is 10.9. The highest BCUT2D eigenvalue weighted by atomic mass is 16.7. The second-order valence-electron chi connectivity index (χ2n) is 7.60. The van der Waals surface area contributed by atoms with Gasteiger partial charge in [0.1, 0.15) is 5.78 Å². The highest BCUT2D eigenvalue weighted by Gasteiger charge is 2.50. The Bertz CT molecular complexity index is 1050. The first-order valence-corrected chi connectivity index (χ1v) is 9.60. The molecule has 0 unspecified atom stereocenters. The van der Waals surface area contributed by atoms with E-state index in [1.165, 1.54) is 11.1 Å². The number of pyridine rings is 1. The van der Waals surface area contributed by atoms with Crippen molar-refractivity contribution in [2.45, 2.75) is 31.6 Å². The van der Waals surface area contributed by atoms with Gasteiger partial charge in [-0.1, -0.05) is 36.4 Å². The van der Waals surface area contributed by atoms with E-state index in [0.717, 1.165) is 41.2 Å². The molecule has 2 heterocycles. The number of carbonyl (C=O) groups is 1. The number of fused-ring (bicyclic) bond motifs is 1. The summed E-state index contributed by atoms with van der Waals surface area (Å²) in [6.45, 7) is 2.34. The maximum absolute atomic E-state index is 13.1. The van der Waals surface area contributed by atoms with Gasteiger partial charge in [0.15, 0.2) is 11.5 Å². The number of ketones is 1. The number of aryl methyl sites for hydroxylation is 1. The van der Waals surface area contributed by atoms with E-state index in [1.54, 1.807) is 0 Å². The molecule has 0 N–H and O–H groups in total. The van der Waals surface area contributed by atoms with Crippen LogP contribution in [-0.4, -0.2) is 17.6 Å². The predicted octanol–water partition coefficient (Wildman–Crippen LogP) is 4.63. The van der Waals surface area contributed by atoms with Gasteiger partial charge in [0.2, 0.25) is 6.79 Å². The number of ether oxygens (including phenoxy) is 2. The highest BCUT2D eigenvalue weighted by Crippen LogP contribution is 2.51. The normalized spacial score (nSPS) is 16.0. The lowest BCUT2D eigenvalue weighted by Crippen LogP contribution is -2.22. The summed E-state index contributed by atoms with van der Waals surface area (Å²) in [5.74, 6) is 1.71. The van der Waals surface area contributed by atoms with Crippen molar-refractivity contribution in [1.82, 2.24) is 4.98 Å². The van der Waals surface area contributed by atoms with Crippen LogP contribution in [0.15, 0.2) is 60.8 Å². The van der Waals surface area contributed by atoms with E-state index < -0.39 is 5.41 Å². The van der Waals surface area contributed by atoms with Gasteiger partial charge in [-0.25, -0.2) is 0 Å². The zero-order valence-electron chi connectivity index (χ0n) is 15.8. The quantitative estimate of drug-likeness (QED) is 0.656. The van der Waals surface area contributed by atoms with Crippen LogP contribution in [0.2, 0.25) is 0 Å². The molecular formula is C24H21NO3. The number of Topliss-reactive ketones (excluding diaryl/α,β-unsaturated/α-hetero) is 1. The maximum atomic E-state index is 13.1. The van der Waals surface area contributed by atoms with Gasteiger partial charge < -0.3 is 9.47 Å². The molecule has 1 fully saturated rings. The fourth-order valence-electron chi connectivity index (χ4n) is 3.97. The Labute approximate surface area is 164 Å². The van der Waals surface area contributed by atoms with Crippen LogP contribution < -0.4 is 9.47 Å². The molecule has 0 spiro atoms. The molecule has 0 bridgehead atoms. The smallest absolute Gasteiger partial charge is 0.231 e. The van der Waals surface area contributed by atoms with E-state index in [0.29, 0.717) is 6.42 Å². The average molecular weight is 371 g/mol. The number of carbonyl (C=O) groups excluding carboxylic acids is 1. The van der Waals surface area contributed by atoms with Crippen LogP contribution in [0.5, 0.6) is 11.5 Å². The number of hydrogen-bond acceptors (Lipinski definition) is 4. The van der Waals surface area contributed by atoms with Crippen LogP contribution in [0.3, 0.4) is 0 Å². The summed E-state index contributed by atoms with van der Waals surface area (Å²) in [6, 6.07) is 18.1. The molecule has 0 saturated heterocycles. The van der Waals surface area contributed by atoms with Gasteiger partial charge >= 0.3 is 0 Å². The zero-order chi connectivity index (χ0) is 19.1. The summed E-state index contributed by atoms with van der Waals surface area (Å²) >= 11 is 0. The topological polar surface area (TPSA) is 48.4 Å². The molecule has 4 nitrogen and oxygen atoms in total. The minimum Gasteiger partial charge on any atom is -0.454 e. The van der Waals surface area contributed by atoms with Gasteiger partial charge in [-0.2, -0.15) is 0 Å². The van der Waals surface area contributed by atoms with E-state index in [-0.39, 0.29) is 12.6 Å². The third kappa shape index (κ3) is 2.85. The highest BCUT2D eigenvalue weighted by molar-refractivity contribution is 5.94. The summed E-state index contributed by atoms with van der Waals surface area (Å²) in [5, 5.41) is 0. The van der Waals surface area contributed by atoms with Crippen molar-refractivity contribution >= 4 is 5.78 Å². The van der Waals surface area contributed by atoms with Crippen molar-refractivity contribution in [3.63, 3.8) is 0 Å². The van der Waals surface area contributed by atoms with Crippen molar-refractivity contribution in [3.8, 4) is 22.6 Å². The van der Waals surface area contributed by atoms with Crippen LogP contribution >= 0.6 is 0 Å². The Morgan fingerprint density at radius 3 is 2.61 bits per heavy atom. The molecule has 1 aliphatic carbocycles. The fourth-order valence-corrected chi connectivity index (χ4v) is 3.97. The average Bonchev–Trinajstić information content (AvgIpc) is 3.40. The minimum absolute atomic E-state index is 0.225. The van der Waals surface area contributed by atoms with Gasteiger partial charge in [-0.15, -0.1) is 0 Å². The Morgan fingerprint density at radius 1 is 1.04 bits per heavy atom. The first-order valence-electron chi connectivity index (χ1n) is 9.60. The van der Waals surface area contributed by atoms with Crippen molar-refractivity contribution in [1.29, 1.82) is 0 Å². The van der Waals surface area contributed by atoms with Crippen LogP contribution in [0.25, 0.3) is 11.1 Å². The van der Waals surface area contributed by atoms with Gasteiger partial charge in [-0.05, 0) is 54.7 Å². The van der Waals surface area contributed by atoms with Crippen molar-refractivity contribution in [3.05, 3.63) is 77.6 Å². The van der Waals surface area contributed by atoms with Gasteiger partial charge in [0, 0.05) is 23.9 Å². The van der Waals surface area contributed by atoms with E-state index in [1.807, 2.05) is 42.6 Å². The summed E-state index contributed by atoms with van der Waals surface area (Å²) in [6.07, 6.45) is 3.98. The number of rotatable bonds is 5. The van der Waals surface area contributed by atoms with Crippen LogP contribution in [0.1, 0.15) is 29.7 Å². The van der Waals surface area contributed by atoms with Crippen molar-refractivity contribution in [2.24, 2.45) is 0 Å². The van der Waals surface area contributed by atoms with Gasteiger partial charge in [-0.3, -0.25) is 9.78 Å². The van der Waals surface area contributed by atoms with Gasteiger partial charge in [0.05, 0.1) is 5.41 Å². The molecule has 3 aromatic rings. The molecule has 0 amide bonds. The lowest BCUT2D eigenvalue weighted by Gasteiger charge is -2.15. The minimum atomic E-state index is -0.392. The largest absolute Gasteiger partial charge is 0.454 e.